The first-order valence-electron chi connectivity index (χ1n) is 15.1. The number of nitrogens with zero attached hydrogens (tertiary/aromatic N) is 2. The Kier molecular flexibility index (Phi) is 9.46. The molecule has 45 heavy (non-hydrogen) atoms. The van der Waals surface area contributed by atoms with Gasteiger partial charge >= 0.3 is 12.1 Å². The first-order chi connectivity index (χ1) is 21.4. The predicted octanol–water partition coefficient (Wildman–Crippen LogP) is 6.49. The minimum absolute atomic E-state index is 0.0246. The lowest BCUT2D eigenvalue weighted by atomic mass is 9.73. The van der Waals surface area contributed by atoms with Gasteiger partial charge in [0.2, 0.25) is 5.88 Å². The fourth-order valence-electron chi connectivity index (χ4n) is 6.61. The van der Waals surface area contributed by atoms with E-state index in [0.29, 0.717) is 30.4 Å². The molecule has 2 saturated heterocycles. The molecule has 9 nitrogen and oxygen atoms in total. The Bertz CT molecular complexity index is 1510. The van der Waals surface area contributed by atoms with Crippen molar-refractivity contribution in [1.29, 1.82) is 0 Å². The lowest BCUT2D eigenvalue weighted by Gasteiger charge is -2.36. The van der Waals surface area contributed by atoms with Crippen LogP contribution in [-0.2, 0) is 36.6 Å². The predicted molar refractivity (Wildman–Crippen MR) is 157 cm³/mol. The molecule has 0 saturated carbocycles. The number of fused-ring (bicyclic) bond motifs is 1. The van der Waals surface area contributed by atoms with Crippen molar-refractivity contribution in [3.05, 3.63) is 59.5 Å². The molecule has 5 rings (SSSR count). The average Bonchev–Trinajstić information content (AvgIpc) is 3.62. The number of hydrogen-bond acceptors (Lipinski definition) is 8. The summed E-state index contributed by atoms with van der Waals surface area (Å²) in [4.78, 5) is 33.7. The van der Waals surface area contributed by atoms with E-state index in [1.54, 1.807) is 19.3 Å². The normalized spacial score (nSPS) is 24.2. The number of para-hydroxylation sites is 1. The number of methoxy groups -OCH3 is 1. The summed E-state index contributed by atoms with van der Waals surface area (Å²) in [6, 6.07) is 6.29. The molecule has 12 heteroatoms. The van der Waals surface area contributed by atoms with Crippen LogP contribution in [0.25, 0.3) is 11.0 Å². The Morgan fingerprint density at radius 2 is 1.91 bits per heavy atom. The Hall–Kier alpha value is -3.64. The zero-order valence-electron chi connectivity index (χ0n) is 26.1. The average molecular weight is 633 g/mol. The number of furan rings is 1. The smallest absolute Gasteiger partial charge is 0.417 e. The highest BCUT2D eigenvalue weighted by Gasteiger charge is 2.60. The molecule has 4 heterocycles. The molecule has 0 spiro atoms. The zero-order chi connectivity index (χ0) is 32.5. The Labute approximate surface area is 260 Å². The quantitative estimate of drug-likeness (QED) is 0.260. The topological polar surface area (TPSA) is 100 Å². The number of amides is 1. The van der Waals surface area contributed by atoms with Crippen LogP contribution in [0.5, 0.6) is 5.88 Å². The number of likely N-dealkylation sites (tertiary alicyclic amines) is 1. The highest BCUT2D eigenvalue weighted by atomic mass is 19.4. The molecule has 0 aliphatic carbocycles. The van der Waals surface area contributed by atoms with E-state index in [1.165, 1.54) is 12.0 Å². The van der Waals surface area contributed by atoms with Gasteiger partial charge in [-0.1, -0.05) is 39.0 Å². The molecule has 2 aliphatic heterocycles. The van der Waals surface area contributed by atoms with Crippen LogP contribution in [0.15, 0.2) is 47.2 Å². The minimum Gasteiger partial charge on any atom is -0.481 e. The van der Waals surface area contributed by atoms with Crippen molar-refractivity contribution in [3.8, 4) is 5.88 Å². The van der Waals surface area contributed by atoms with Gasteiger partial charge in [0.15, 0.2) is 0 Å². The maximum atomic E-state index is 14.5. The summed E-state index contributed by atoms with van der Waals surface area (Å²) in [5, 5.41) is 0.781. The maximum Gasteiger partial charge on any atom is 0.417 e. The summed E-state index contributed by atoms with van der Waals surface area (Å²) in [6.45, 7) is 7.66. The SMILES string of the molecule is CCOC(=O)[C@@H]1[C@H](C(C)(C)C)[C@H](OCc2cc(C(F)(F)F)cnc2OC)[C@H](c2cccc3ccoc23)N1C(=O)[C@@H]1CCCCO1. The van der Waals surface area contributed by atoms with Crippen LogP contribution in [0.1, 0.15) is 69.7 Å². The Morgan fingerprint density at radius 1 is 1.13 bits per heavy atom. The molecular weight excluding hydrogens is 593 g/mol. The number of carbonyl (C=O) groups is 2. The minimum atomic E-state index is -4.63. The molecule has 3 aromatic rings. The first-order valence-corrected chi connectivity index (χ1v) is 15.1. The van der Waals surface area contributed by atoms with Gasteiger partial charge in [0.1, 0.15) is 17.7 Å². The number of alkyl halides is 3. The summed E-state index contributed by atoms with van der Waals surface area (Å²) in [5.74, 6) is -1.64. The summed E-state index contributed by atoms with van der Waals surface area (Å²) in [7, 11) is 1.31. The monoisotopic (exact) mass is 632 g/mol. The van der Waals surface area contributed by atoms with Crippen molar-refractivity contribution in [2.45, 2.75) is 84.0 Å². The van der Waals surface area contributed by atoms with E-state index in [4.69, 9.17) is 23.4 Å². The summed E-state index contributed by atoms with van der Waals surface area (Å²) in [5.41, 5.74) is -0.414. The second-order valence-corrected chi connectivity index (χ2v) is 12.5. The Morgan fingerprint density at radius 3 is 2.56 bits per heavy atom. The largest absolute Gasteiger partial charge is 0.481 e. The molecule has 1 amide bonds. The van der Waals surface area contributed by atoms with E-state index in [1.807, 2.05) is 39.0 Å². The van der Waals surface area contributed by atoms with Crippen LogP contribution in [-0.4, -0.2) is 60.3 Å². The van der Waals surface area contributed by atoms with Crippen LogP contribution >= 0.6 is 0 Å². The van der Waals surface area contributed by atoms with Crippen molar-refractivity contribution in [3.63, 3.8) is 0 Å². The Balaban J connectivity index is 1.68. The third-order valence-electron chi connectivity index (χ3n) is 8.55. The number of esters is 1. The third kappa shape index (κ3) is 6.53. The van der Waals surface area contributed by atoms with Crippen LogP contribution in [0.4, 0.5) is 13.2 Å². The van der Waals surface area contributed by atoms with Gasteiger partial charge in [0.05, 0.1) is 44.3 Å². The van der Waals surface area contributed by atoms with Crippen molar-refractivity contribution in [2.24, 2.45) is 11.3 Å². The number of hydrogen-bond donors (Lipinski definition) is 0. The summed E-state index contributed by atoms with van der Waals surface area (Å²) in [6.07, 6.45) is -1.95. The highest BCUT2D eigenvalue weighted by molar-refractivity contribution is 5.90. The van der Waals surface area contributed by atoms with Crippen molar-refractivity contribution < 1.29 is 46.1 Å². The van der Waals surface area contributed by atoms with E-state index in [0.717, 1.165) is 24.3 Å². The molecule has 0 N–H and O–H groups in total. The van der Waals surface area contributed by atoms with Gasteiger partial charge in [-0.25, -0.2) is 9.78 Å². The maximum absolute atomic E-state index is 14.5. The number of halogens is 3. The summed E-state index contributed by atoms with van der Waals surface area (Å²) >= 11 is 0. The van der Waals surface area contributed by atoms with Crippen LogP contribution in [0, 0.1) is 11.3 Å². The fourth-order valence-corrected chi connectivity index (χ4v) is 6.61. The van der Waals surface area contributed by atoms with E-state index in [-0.39, 0.29) is 30.6 Å². The van der Waals surface area contributed by atoms with Gasteiger partial charge in [-0.3, -0.25) is 4.79 Å². The molecule has 0 bridgehead atoms. The van der Waals surface area contributed by atoms with Crippen LogP contribution in [0.2, 0.25) is 0 Å². The molecular formula is C33H39F3N2O7. The number of ether oxygens (including phenoxy) is 4. The number of pyridine rings is 1. The number of rotatable bonds is 8. The van der Waals surface area contributed by atoms with E-state index in [9.17, 15) is 22.8 Å². The van der Waals surface area contributed by atoms with E-state index in [2.05, 4.69) is 4.98 Å². The van der Waals surface area contributed by atoms with Gasteiger partial charge in [0, 0.05) is 35.2 Å². The highest BCUT2D eigenvalue weighted by Crippen LogP contribution is 2.52. The summed E-state index contributed by atoms with van der Waals surface area (Å²) < 4.78 is 70.2. The van der Waals surface area contributed by atoms with Crippen LogP contribution < -0.4 is 4.74 Å². The molecule has 2 aromatic heterocycles. The van der Waals surface area contributed by atoms with Crippen molar-refractivity contribution in [2.75, 3.05) is 20.3 Å². The van der Waals surface area contributed by atoms with Gasteiger partial charge in [0.25, 0.3) is 5.91 Å². The third-order valence-corrected chi connectivity index (χ3v) is 8.55. The van der Waals surface area contributed by atoms with Gasteiger partial charge in [-0.15, -0.1) is 0 Å². The molecule has 2 fully saturated rings. The lowest BCUT2D eigenvalue weighted by molar-refractivity contribution is -0.162. The van der Waals surface area contributed by atoms with E-state index < -0.39 is 53.3 Å². The fraction of sp³-hybridized carbons (Fsp3) is 0.545. The van der Waals surface area contributed by atoms with Crippen molar-refractivity contribution >= 4 is 22.8 Å². The molecule has 1 aromatic carbocycles. The van der Waals surface area contributed by atoms with Gasteiger partial charge < -0.3 is 28.3 Å². The number of carbonyl (C=O) groups excluding carboxylic acids is 2. The molecule has 0 unspecified atom stereocenters. The second-order valence-electron chi connectivity index (χ2n) is 12.5. The van der Waals surface area contributed by atoms with Crippen molar-refractivity contribution in [1.82, 2.24) is 9.88 Å². The molecule has 2 aliphatic rings. The van der Waals surface area contributed by atoms with Crippen LogP contribution in [0.3, 0.4) is 0 Å². The molecule has 0 radical (unpaired) electrons. The standard InChI is InChI=1S/C33H39F3N2O7/c1-6-42-31(40)26-24(32(2,3)4)28(45-18-20-16-21(33(34,35)36)17-37-29(20)41-5)25(22-11-9-10-19-13-15-44-27(19)22)38(26)30(39)23-12-7-8-14-43-23/h9-11,13,15-17,23-26,28H,6-8,12,14,18H2,1-5H3/t23-,24-,25-,26-,28-/m0/s1. The van der Waals surface area contributed by atoms with Gasteiger partial charge in [-0.2, -0.15) is 13.2 Å². The number of benzene rings is 1. The first kappa shape index (κ1) is 32.7. The molecule has 5 atom stereocenters. The number of aromatic nitrogens is 1. The molecule has 244 valence electrons. The lowest BCUT2D eigenvalue weighted by Crippen LogP contribution is -2.51. The zero-order valence-corrected chi connectivity index (χ0v) is 26.1. The van der Waals surface area contributed by atoms with E-state index >= 15 is 0 Å². The van der Waals surface area contributed by atoms with Gasteiger partial charge in [-0.05, 0) is 43.7 Å². The second kappa shape index (κ2) is 13.0.